The highest BCUT2D eigenvalue weighted by atomic mass is 16.1. The minimum absolute atomic E-state index is 0.150. The number of carbonyl (C=O) groups is 1. The van der Waals surface area contributed by atoms with Crippen LogP contribution in [0.3, 0.4) is 0 Å². The summed E-state index contributed by atoms with van der Waals surface area (Å²) in [7, 11) is 0. The monoisotopic (exact) mass is 113 g/mol. The molecule has 0 aliphatic carbocycles. The standard InChI is InChI=1S/C4H7N3O/c5-3-7-4-6-1-2-8/h2-4H,1H2,(H2,5,6,7). The summed E-state index contributed by atoms with van der Waals surface area (Å²) in [4.78, 5) is 16.5. The summed E-state index contributed by atoms with van der Waals surface area (Å²) < 4.78 is 0. The summed E-state index contributed by atoms with van der Waals surface area (Å²) in [5.41, 5.74) is 4.84. The maximum Gasteiger partial charge on any atom is 0.141 e. The first-order valence-electron chi connectivity index (χ1n) is 2.07. The van der Waals surface area contributed by atoms with Crippen LogP contribution in [0.4, 0.5) is 0 Å². The van der Waals surface area contributed by atoms with E-state index in [0.29, 0.717) is 6.29 Å². The summed E-state index contributed by atoms with van der Waals surface area (Å²) in [5, 5.41) is 0. The highest BCUT2D eigenvalue weighted by Crippen LogP contribution is 1.59. The number of hydrogen-bond donors (Lipinski definition) is 1. The largest absolute Gasteiger partial charge is 0.390 e. The molecular formula is C4H7N3O. The van der Waals surface area contributed by atoms with Crippen LogP contribution in [0.1, 0.15) is 0 Å². The number of carbonyl (C=O) groups excluding carboxylic acids is 1. The van der Waals surface area contributed by atoms with Gasteiger partial charge in [0, 0.05) is 0 Å². The van der Waals surface area contributed by atoms with Crippen molar-refractivity contribution in [3.05, 3.63) is 0 Å². The van der Waals surface area contributed by atoms with Gasteiger partial charge in [0.2, 0.25) is 0 Å². The Balaban J connectivity index is 3.19. The molecule has 0 saturated carbocycles. The normalized spacial score (nSPS) is 11.0. The number of aldehydes is 1. The molecular weight excluding hydrogens is 106 g/mol. The van der Waals surface area contributed by atoms with E-state index in [-0.39, 0.29) is 6.54 Å². The van der Waals surface area contributed by atoms with Gasteiger partial charge in [-0.2, -0.15) is 0 Å². The molecule has 4 nitrogen and oxygen atoms in total. The van der Waals surface area contributed by atoms with E-state index in [1.54, 1.807) is 0 Å². The van der Waals surface area contributed by atoms with Gasteiger partial charge in [-0.3, -0.25) is 4.99 Å². The zero-order valence-electron chi connectivity index (χ0n) is 4.32. The molecule has 0 fully saturated rings. The van der Waals surface area contributed by atoms with Gasteiger partial charge in [-0.15, -0.1) is 0 Å². The van der Waals surface area contributed by atoms with E-state index in [0.717, 1.165) is 6.34 Å². The fourth-order valence-electron chi connectivity index (χ4n) is 0.176. The van der Waals surface area contributed by atoms with Crippen molar-refractivity contribution >= 4 is 19.0 Å². The predicted octanol–water partition coefficient (Wildman–Crippen LogP) is -0.799. The first-order chi connectivity index (χ1) is 3.91. The number of nitrogens with two attached hydrogens (primary N) is 1. The third-order valence-corrected chi connectivity index (χ3v) is 0.414. The van der Waals surface area contributed by atoms with Crippen molar-refractivity contribution < 1.29 is 4.79 Å². The fraction of sp³-hybridized carbons (Fsp3) is 0.250. The lowest BCUT2D eigenvalue weighted by atomic mass is 10.8. The molecule has 0 amide bonds. The summed E-state index contributed by atoms with van der Waals surface area (Å²) in [6.07, 6.45) is 3.02. The highest BCUT2D eigenvalue weighted by Gasteiger charge is 1.66. The first kappa shape index (κ1) is 6.81. The molecule has 0 spiro atoms. The zero-order valence-corrected chi connectivity index (χ0v) is 4.32. The van der Waals surface area contributed by atoms with Crippen molar-refractivity contribution in [2.75, 3.05) is 6.54 Å². The molecule has 0 bridgehead atoms. The highest BCUT2D eigenvalue weighted by molar-refractivity contribution is 5.70. The first-order valence-corrected chi connectivity index (χ1v) is 2.07. The van der Waals surface area contributed by atoms with E-state index >= 15 is 0 Å². The van der Waals surface area contributed by atoms with Crippen LogP contribution in [-0.2, 0) is 4.79 Å². The molecule has 0 radical (unpaired) electrons. The van der Waals surface area contributed by atoms with Crippen molar-refractivity contribution in [2.24, 2.45) is 15.7 Å². The second kappa shape index (κ2) is 5.81. The minimum atomic E-state index is 0.150. The van der Waals surface area contributed by atoms with Crippen molar-refractivity contribution in [3.63, 3.8) is 0 Å². The quantitative estimate of drug-likeness (QED) is 0.296. The van der Waals surface area contributed by atoms with Gasteiger partial charge < -0.3 is 10.5 Å². The van der Waals surface area contributed by atoms with Crippen LogP contribution in [0.5, 0.6) is 0 Å². The Morgan fingerprint density at radius 3 is 2.88 bits per heavy atom. The van der Waals surface area contributed by atoms with Gasteiger partial charge >= 0.3 is 0 Å². The molecule has 0 unspecified atom stereocenters. The second-order valence-electron chi connectivity index (χ2n) is 0.945. The van der Waals surface area contributed by atoms with E-state index in [1.807, 2.05) is 0 Å². The van der Waals surface area contributed by atoms with Gasteiger partial charge in [0.25, 0.3) is 0 Å². The molecule has 0 aliphatic rings. The van der Waals surface area contributed by atoms with Crippen LogP contribution in [0.25, 0.3) is 0 Å². The average molecular weight is 113 g/mol. The molecule has 8 heavy (non-hydrogen) atoms. The smallest absolute Gasteiger partial charge is 0.141 e. The van der Waals surface area contributed by atoms with Crippen LogP contribution in [-0.4, -0.2) is 25.5 Å². The van der Waals surface area contributed by atoms with Crippen LogP contribution >= 0.6 is 0 Å². The lowest BCUT2D eigenvalue weighted by molar-refractivity contribution is -0.106. The minimum Gasteiger partial charge on any atom is -0.390 e. The van der Waals surface area contributed by atoms with Crippen LogP contribution in [0.2, 0.25) is 0 Å². The van der Waals surface area contributed by atoms with E-state index in [9.17, 15) is 4.79 Å². The number of nitrogens with zero attached hydrogens (tertiary/aromatic N) is 2. The van der Waals surface area contributed by atoms with Crippen molar-refractivity contribution in [1.82, 2.24) is 0 Å². The van der Waals surface area contributed by atoms with Gasteiger partial charge in [-0.05, 0) is 0 Å². The third-order valence-electron chi connectivity index (χ3n) is 0.414. The Morgan fingerprint density at radius 1 is 1.62 bits per heavy atom. The third kappa shape index (κ3) is 4.81. The number of hydrogen-bond acceptors (Lipinski definition) is 2. The van der Waals surface area contributed by atoms with Crippen LogP contribution in [0.15, 0.2) is 9.98 Å². The number of rotatable bonds is 3. The molecule has 0 aromatic heterocycles. The lowest BCUT2D eigenvalue weighted by Crippen LogP contribution is -1.88. The lowest BCUT2D eigenvalue weighted by Gasteiger charge is -1.72. The van der Waals surface area contributed by atoms with Gasteiger partial charge in [-0.1, -0.05) is 0 Å². The molecule has 0 aromatic rings. The Hall–Kier alpha value is -1.19. The molecule has 0 rings (SSSR count). The molecule has 4 heteroatoms. The van der Waals surface area contributed by atoms with Gasteiger partial charge in [-0.25, -0.2) is 4.99 Å². The van der Waals surface area contributed by atoms with Crippen LogP contribution in [0, 0.1) is 0 Å². The van der Waals surface area contributed by atoms with Gasteiger partial charge in [0.05, 0.1) is 12.9 Å². The molecule has 44 valence electrons. The van der Waals surface area contributed by atoms with Crippen molar-refractivity contribution in [1.29, 1.82) is 0 Å². The summed E-state index contributed by atoms with van der Waals surface area (Å²) in [6.45, 7) is 0.150. The average Bonchev–Trinajstić information content (AvgIpc) is 1.81. The molecule has 0 aromatic carbocycles. The maximum absolute atomic E-state index is 9.57. The molecule has 0 atom stereocenters. The Bertz CT molecular complexity index is 108. The van der Waals surface area contributed by atoms with Gasteiger partial charge in [0.1, 0.15) is 12.6 Å². The van der Waals surface area contributed by atoms with Gasteiger partial charge in [0.15, 0.2) is 0 Å². The van der Waals surface area contributed by atoms with Crippen LogP contribution < -0.4 is 5.73 Å². The SMILES string of the molecule is NC=NC=NCC=O. The molecule has 0 heterocycles. The zero-order chi connectivity index (χ0) is 6.24. The van der Waals surface area contributed by atoms with Crippen molar-refractivity contribution in [3.8, 4) is 0 Å². The fourth-order valence-corrected chi connectivity index (χ4v) is 0.176. The number of aliphatic imine (C=N–C) groups is 2. The summed E-state index contributed by atoms with van der Waals surface area (Å²) >= 11 is 0. The Morgan fingerprint density at radius 2 is 2.38 bits per heavy atom. The summed E-state index contributed by atoms with van der Waals surface area (Å²) in [6, 6.07) is 0. The second-order valence-corrected chi connectivity index (χ2v) is 0.945. The van der Waals surface area contributed by atoms with E-state index < -0.39 is 0 Å². The summed E-state index contributed by atoms with van der Waals surface area (Å²) in [5.74, 6) is 0. The van der Waals surface area contributed by atoms with E-state index in [2.05, 4.69) is 9.98 Å². The van der Waals surface area contributed by atoms with Crippen molar-refractivity contribution in [2.45, 2.75) is 0 Å². The maximum atomic E-state index is 9.57. The molecule has 0 saturated heterocycles. The van der Waals surface area contributed by atoms with E-state index in [4.69, 9.17) is 5.73 Å². The predicted molar refractivity (Wildman–Crippen MR) is 32.1 cm³/mol. The van der Waals surface area contributed by atoms with E-state index in [1.165, 1.54) is 6.34 Å². The molecule has 0 aliphatic heterocycles. The Labute approximate surface area is 47.1 Å². The topological polar surface area (TPSA) is 67.8 Å². The molecule has 2 N–H and O–H groups in total. The Kier molecular flexibility index (Phi) is 4.95.